The molecule has 0 bridgehead atoms. The second-order valence-corrected chi connectivity index (χ2v) is 7.99. The highest BCUT2D eigenvalue weighted by Gasteiger charge is 2.24. The van der Waals surface area contributed by atoms with Crippen molar-refractivity contribution in [1.82, 2.24) is 9.80 Å². The van der Waals surface area contributed by atoms with E-state index in [1.165, 1.54) is 11.1 Å². The van der Waals surface area contributed by atoms with E-state index in [9.17, 15) is 4.79 Å². The van der Waals surface area contributed by atoms with Gasteiger partial charge in [0.05, 0.1) is 18.2 Å². The Balaban J connectivity index is 1.32. The molecule has 0 unspecified atom stereocenters. The van der Waals surface area contributed by atoms with E-state index in [1.54, 1.807) is 0 Å². The van der Waals surface area contributed by atoms with Gasteiger partial charge in [-0.05, 0) is 61.7 Å². The fourth-order valence-electron chi connectivity index (χ4n) is 4.35. The molecule has 150 valence electrons. The Morgan fingerprint density at radius 1 is 0.897 bits per heavy atom. The predicted molar refractivity (Wildman–Crippen MR) is 115 cm³/mol. The van der Waals surface area contributed by atoms with Gasteiger partial charge in [-0.15, -0.1) is 0 Å². The standard InChI is InChI=1S/C24H28N4O/c25-17-20-8-10-21(11-9-20)18-26-12-4-13-27(16-15-26)19-24(29)28-14-3-6-22-5-1-2-7-23(22)28/h1-2,5,7-11H,3-4,6,12-16,18-19H2. The van der Waals surface area contributed by atoms with Gasteiger partial charge in [-0.3, -0.25) is 14.6 Å². The number of para-hydroxylation sites is 1. The van der Waals surface area contributed by atoms with E-state index in [4.69, 9.17) is 5.26 Å². The first kappa shape index (κ1) is 19.6. The number of aryl methyl sites for hydroxylation is 1. The van der Waals surface area contributed by atoms with Gasteiger partial charge in [-0.2, -0.15) is 5.26 Å². The monoisotopic (exact) mass is 388 g/mol. The molecule has 0 radical (unpaired) electrons. The summed E-state index contributed by atoms with van der Waals surface area (Å²) in [5, 5.41) is 8.94. The predicted octanol–water partition coefficient (Wildman–Crippen LogP) is 3.05. The van der Waals surface area contributed by atoms with Crippen molar-refractivity contribution >= 4 is 11.6 Å². The van der Waals surface area contributed by atoms with E-state index >= 15 is 0 Å². The number of nitriles is 1. The molecule has 29 heavy (non-hydrogen) atoms. The summed E-state index contributed by atoms with van der Waals surface area (Å²) in [7, 11) is 0. The van der Waals surface area contributed by atoms with Gasteiger partial charge in [0.1, 0.15) is 0 Å². The highest BCUT2D eigenvalue weighted by Crippen LogP contribution is 2.26. The maximum atomic E-state index is 13.0. The van der Waals surface area contributed by atoms with E-state index in [-0.39, 0.29) is 5.91 Å². The molecule has 1 amide bonds. The molecular formula is C24H28N4O. The minimum Gasteiger partial charge on any atom is -0.311 e. The second kappa shape index (κ2) is 9.21. The molecule has 2 aromatic carbocycles. The molecule has 0 N–H and O–H groups in total. The summed E-state index contributed by atoms with van der Waals surface area (Å²) in [5.41, 5.74) is 4.32. The number of benzene rings is 2. The molecule has 4 rings (SSSR count). The Labute approximate surface area is 173 Å². The van der Waals surface area contributed by atoms with Crippen molar-refractivity contribution < 1.29 is 4.79 Å². The zero-order valence-corrected chi connectivity index (χ0v) is 16.9. The maximum absolute atomic E-state index is 13.0. The van der Waals surface area contributed by atoms with E-state index in [0.29, 0.717) is 12.1 Å². The third-order valence-corrected chi connectivity index (χ3v) is 5.94. The maximum Gasteiger partial charge on any atom is 0.241 e. The summed E-state index contributed by atoms with van der Waals surface area (Å²) in [4.78, 5) is 19.8. The fraction of sp³-hybridized carbons (Fsp3) is 0.417. The zero-order chi connectivity index (χ0) is 20.1. The number of rotatable bonds is 4. The molecule has 0 saturated carbocycles. The quantitative estimate of drug-likeness (QED) is 0.808. The number of hydrogen-bond acceptors (Lipinski definition) is 4. The van der Waals surface area contributed by atoms with Crippen LogP contribution in [-0.4, -0.2) is 55.0 Å². The van der Waals surface area contributed by atoms with Gasteiger partial charge in [0.25, 0.3) is 0 Å². The molecule has 0 aliphatic carbocycles. The first-order valence-corrected chi connectivity index (χ1v) is 10.5. The Kier molecular flexibility index (Phi) is 6.24. The molecule has 5 heteroatoms. The molecule has 2 aliphatic rings. The highest BCUT2D eigenvalue weighted by molar-refractivity contribution is 5.95. The smallest absolute Gasteiger partial charge is 0.241 e. The summed E-state index contributed by atoms with van der Waals surface area (Å²) < 4.78 is 0. The first-order valence-electron chi connectivity index (χ1n) is 10.5. The average molecular weight is 389 g/mol. The van der Waals surface area contributed by atoms with Gasteiger partial charge in [0, 0.05) is 31.9 Å². The molecular weight excluding hydrogens is 360 g/mol. The average Bonchev–Trinajstić information content (AvgIpc) is 2.99. The van der Waals surface area contributed by atoms with Gasteiger partial charge >= 0.3 is 0 Å². The van der Waals surface area contributed by atoms with Crippen LogP contribution in [0, 0.1) is 11.3 Å². The van der Waals surface area contributed by atoms with Crippen LogP contribution in [0.3, 0.4) is 0 Å². The van der Waals surface area contributed by atoms with Crippen molar-refractivity contribution in [2.45, 2.75) is 25.8 Å². The number of carbonyl (C=O) groups excluding carboxylic acids is 1. The number of fused-ring (bicyclic) bond motifs is 1. The van der Waals surface area contributed by atoms with Crippen LogP contribution >= 0.6 is 0 Å². The molecule has 5 nitrogen and oxygen atoms in total. The second-order valence-electron chi connectivity index (χ2n) is 7.99. The first-order chi connectivity index (χ1) is 14.2. The Morgan fingerprint density at radius 3 is 2.48 bits per heavy atom. The van der Waals surface area contributed by atoms with Gasteiger partial charge in [0.15, 0.2) is 0 Å². The minimum atomic E-state index is 0.220. The van der Waals surface area contributed by atoms with Crippen molar-refractivity contribution in [2.24, 2.45) is 0 Å². The van der Waals surface area contributed by atoms with Crippen LogP contribution in [0.15, 0.2) is 48.5 Å². The lowest BCUT2D eigenvalue weighted by molar-refractivity contribution is -0.119. The largest absolute Gasteiger partial charge is 0.311 e. The molecule has 2 aliphatic heterocycles. The van der Waals surface area contributed by atoms with Crippen LogP contribution in [0.25, 0.3) is 0 Å². The minimum absolute atomic E-state index is 0.220. The summed E-state index contributed by atoms with van der Waals surface area (Å²) in [6.45, 7) is 6.10. The van der Waals surface area contributed by atoms with Crippen molar-refractivity contribution in [2.75, 3.05) is 44.2 Å². The SMILES string of the molecule is N#Cc1ccc(CN2CCCN(CC(=O)N3CCCc4ccccc43)CC2)cc1. The van der Waals surface area contributed by atoms with Crippen LogP contribution in [0.4, 0.5) is 5.69 Å². The number of carbonyl (C=O) groups is 1. The summed E-state index contributed by atoms with van der Waals surface area (Å²) >= 11 is 0. The Hall–Kier alpha value is -2.68. The van der Waals surface area contributed by atoms with E-state index in [2.05, 4.69) is 34.1 Å². The van der Waals surface area contributed by atoms with E-state index in [0.717, 1.165) is 64.2 Å². The van der Waals surface area contributed by atoms with Crippen LogP contribution in [0.2, 0.25) is 0 Å². The Morgan fingerprint density at radius 2 is 1.66 bits per heavy atom. The third-order valence-electron chi connectivity index (χ3n) is 5.94. The lowest BCUT2D eigenvalue weighted by Gasteiger charge is -2.31. The van der Waals surface area contributed by atoms with E-state index in [1.807, 2.05) is 35.2 Å². The normalized spacial score (nSPS) is 18.0. The fourth-order valence-corrected chi connectivity index (χ4v) is 4.35. The lowest BCUT2D eigenvalue weighted by atomic mass is 10.0. The van der Waals surface area contributed by atoms with Crippen molar-refractivity contribution in [3.63, 3.8) is 0 Å². The molecule has 1 fully saturated rings. The van der Waals surface area contributed by atoms with Crippen LogP contribution in [0.5, 0.6) is 0 Å². The lowest BCUT2D eigenvalue weighted by Crippen LogP contribution is -2.43. The summed E-state index contributed by atoms with van der Waals surface area (Å²) in [6, 6.07) is 18.3. The molecule has 0 aromatic heterocycles. The Bertz CT molecular complexity index is 886. The summed E-state index contributed by atoms with van der Waals surface area (Å²) in [5.74, 6) is 0.220. The number of hydrogen-bond donors (Lipinski definition) is 0. The molecule has 0 spiro atoms. The topological polar surface area (TPSA) is 50.6 Å². The highest BCUT2D eigenvalue weighted by atomic mass is 16.2. The molecule has 0 atom stereocenters. The zero-order valence-electron chi connectivity index (χ0n) is 16.9. The van der Waals surface area contributed by atoms with Crippen molar-refractivity contribution in [3.05, 3.63) is 65.2 Å². The van der Waals surface area contributed by atoms with Crippen molar-refractivity contribution in [1.29, 1.82) is 5.26 Å². The van der Waals surface area contributed by atoms with Crippen molar-refractivity contribution in [3.8, 4) is 6.07 Å². The molecule has 2 aromatic rings. The van der Waals surface area contributed by atoms with Crippen LogP contribution < -0.4 is 4.90 Å². The van der Waals surface area contributed by atoms with E-state index < -0.39 is 0 Å². The molecule has 1 saturated heterocycles. The number of nitrogens with zero attached hydrogens (tertiary/aromatic N) is 4. The molecule has 2 heterocycles. The van der Waals surface area contributed by atoms with Crippen LogP contribution in [-0.2, 0) is 17.8 Å². The number of amides is 1. The summed E-state index contributed by atoms with van der Waals surface area (Å²) in [6.07, 6.45) is 3.18. The van der Waals surface area contributed by atoms with Gasteiger partial charge in [0.2, 0.25) is 5.91 Å². The number of anilines is 1. The van der Waals surface area contributed by atoms with Crippen LogP contribution in [0.1, 0.15) is 29.5 Å². The van der Waals surface area contributed by atoms with Gasteiger partial charge < -0.3 is 4.90 Å². The third kappa shape index (κ3) is 4.84. The van der Waals surface area contributed by atoms with Gasteiger partial charge in [-0.25, -0.2) is 0 Å². The van der Waals surface area contributed by atoms with Gasteiger partial charge in [-0.1, -0.05) is 30.3 Å².